The maximum atomic E-state index is 12.2. The van der Waals surface area contributed by atoms with Crippen LogP contribution in [-0.4, -0.2) is 38.9 Å². The Morgan fingerprint density at radius 3 is 2.32 bits per heavy atom. The van der Waals surface area contributed by atoms with Crippen LogP contribution in [0.4, 0.5) is 0 Å². The fourth-order valence-electron chi connectivity index (χ4n) is 3.35. The van der Waals surface area contributed by atoms with Crippen molar-refractivity contribution in [3.05, 3.63) is 12.4 Å². The summed E-state index contributed by atoms with van der Waals surface area (Å²) in [6.45, 7) is 1.72. The average Bonchev–Trinajstić information content (AvgIpc) is 3.12. The smallest absolute Gasteiger partial charge is 0.222 e. The summed E-state index contributed by atoms with van der Waals surface area (Å²) in [7, 11) is 0. The number of hydrogen-bond acceptors (Lipinski definition) is 3. The Bertz CT molecular complexity index is 403. The summed E-state index contributed by atoms with van der Waals surface area (Å²) in [6.07, 6.45) is 11.3. The highest BCUT2D eigenvalue weighted by Crippen LogP contribution is 2.29. The Kier molecular flexibility index (Phi) is 3.80. The fraction of sp³-hybridized carbons (Fsp3) is 0.786. The molecule has 0 N–H and O–H groups in total. The van der Waals surface area contributed by atoms with E-state index >= 15 is 0 Å². The lowest BCUT2D eigenvalue weighted by Crippen LogP contribution is -2.40. The lowest BCUT2D eigenvalue weighted by atomic mass is 10.0. The summed E-state index contributed by atoms with van der Waals surface area (Å²) in [5.74, 6) is 1.01. The molecule has 1 aromatic heterocycles. The fourth-order valence-corrected chi connectivity index (χ4v) is 3.35. The van der Waals surface area contributed by atoms with Gasteiger partial charge in [-0.1, -0.05) is 12.8 Å². The van der Waals surface area contributed by atoms with Crippen molar-refractivity contribution in [2.24, 2.45) is 5.92 Å². The number of carbonyl (C=O) groups excluding carboxylic acids is 1. The van der Waals surface area contributed by atoms with Gasteiger partial charge in [0.05, 0.1) is 18.4 Å². The number of nitrogens with zero attached hydrogens (tertiary/aromatic N) is 4. The highest BCUT2D eigenvalue weighted by atomic mass is 16.2. The molecule has 1 amide bonds. The number of carbonyl (C=O) groups is 1. The van der Waals surface area contributed by atoms with Gasteiger partial charge in [-0.05, 0) is 31.6 Å². The molecule has 104 valence electrons. The topological polar surface area (TPSA) is 51.0 Å². The lowest BCUT2D eigenvalue weighted by Gasteiger charge is -2.32. The van der Waals surface area contributed by atoms with E-state index in [9.17, 15) is 4.79 Å². The van der Waals surface area contributed by atoms with E-state index < -0.39 is 0 Å². The molecule has 0 atom stereocenters. The minimum Gasteiger partial charge on any atom is -0.343 e. The molecule has 1 saturated heterocycles. The van der Waals surface area contributed by atoms with Crippen LogP contribution < -0.4 is 0 Å². The van der Waals surface area contributed by atoms with E-state index in [2.05, 4.69) is 10.2 Å². The minimum absolute atomic E-state index is 0.360. The molecule has 1 saturated carbocycles. The SMILES string of the molecule is O=C(CC1CCCC1)N1CCC(n2nccn2)CC1. The van der Waals surface area contributed by atoms with Gasteiger partial charge in [0.15, 0.2) is 0 Å². The van der Waals surface area contributed by atoms with Crippen LogP contribution in [0.3, 0.4) is 0 Å². The van der Waals surface area contributed by atoms with E-state index in [0.29, 0.717) is 17.9 Å². The molecule has 2 aliphatic rings. The zero-order valence-electron chi connectivity index (χ0n) is 11.4. The van der Waals surface area contributed by atoms with E-state index in [4.69, 9.17) is 0 Å². The van der Waals surface area contributed by atoms with E-state index in [1.54, 1.807) is 17.2 Å². The zero-order valence-corrected chi connectivity index (χ0v) is 11.4. The third-order valence-electron chi connectivity index (χ3n) is 4.52. The van der Waals surface area contributed by atoms with Crippen LogP contribution in [0, 0.1) is 5.92 Å². The first kappa shape index (κ1) is 12.6. The van der Waals surface area contributed by atoms with Crippen LogP contribution in [0.1, 0.15) is 51.0 Å². The molecule has 0 unspecified atom stereocenters. The molecule has 3 rings (SSSR count). The Balaban J connectivity index is 1.48. The Labute approximate surface area is 114 Å². The van der Waals surface area contributed by atoms with Gasteiger partial charge in [-0.2, -0.15) is 15.0 Å². The van der Waals surface area contributed by atoms with Gasteiger partial charge in [-0.3, -0.25) is 4.79 Å². The van der Waals surface area contributed by atoms with Crippen molar-refractivity contribution in [1.29, 1.82) is 0 Å². The molecule has 5 heteroatoms. The van der Waals surface area contributed by atoms with Crippen molar-refractivity contribution in [3.8, 4) is 0 Å². The van der Waals surface area contributed by atoms with Crippen LogP contribution in [-0.2, 0) is 4.79 Å². The maximum absolute atomic E-state index is 12.2. The third kappa shape index (κ3) is 2.96. The maximum Gasteiger partial charge on any atom is 0.222 e. The molecule has 1 aliphatic heterocycles. The van der Waals surface area contributed by atoms with E-state index in [-0.39, 0.29) is 0 Å². The first-order chi connectivity index (χ1) is 9.33. The van der Waals surface area contributed by atoms with Crippen molar-refractivity contribution in [1.82, 2.24) is 19.9 Å². The number of likely N-dealkylation sites (tertiary alicyclic amines) is 1. The second kappa shape index (κ2) is 5.72. The lowest BCUT2D eigenvalue weighted by molar-refractivity contribution is -0.133. The van der Waals surface area contributed by atoms with Gasteiger partial charge >= 0.3 is 0 Å². The number of aromatic nitrogens is 3. The first-order valence-electron chi connectivity index (χ1n) is 7.46. The summed E-state index contributed by atoms with van der Waals surface area (Å²) in [6, 6.07) is 0.366. The van der Waals surface area contributed by atoms with Crippen LogP contribution in [0.5, 0.6) is 0 Å². The molecular formula is C14H22N4O. The monoisotopic (exact) mass is 262 g/mol. The molecule has 0 aromatic carbocycles. The van der Waals surface area contributed by atoms with E-state index in [1.807, 2.05) is 4.90 Å². The summed E-state index contributed by atoms with van der Waals surface area (Å²) in [5.41, 5.74) is 0. The Hall–Kier alpha value is -1.39. The van der Waals surface area contributed by atoms with E-state index in [0.717, 1.165) is 32.4 Å². The normalized spacial score (nSPS) is 22.0. The van der Waals surface area contributed by atoms with Crippen molar-refractivity contribution >= 4 is 5.91 Å². The minimum atomic E-state index is 0.360. The third-order valence-corrected chi connectivity index (χ3v) is 4.52. The van der Waals surface area contributed by atoms with Crippen LogP contribution >= 0.6 is 0 Å². The molecule has 2 fully saturated rings. The van der Waals surface area contributed by atoms with Crippen molar-refractivity contribution < 1.29 is 4.79 Å². The van der Waals surface area contributed by atoms with Crippen LogP contribution in [0.25, 0.3) is 0 Å². The molecule has 0 spiro atoms. The van der Waals surface area contributed by atoms with E-state index in [1.165, 1.54) is 25.7 Å². The predicted octanol–water partition coefficient (Wildman–Crippen LogP) is 2.02. The molecule has 2 heterocycles. The van der Waals surface area contributed by atoms with Gasteiger partial charge in [0, 0.05) is 19.5 Å². The molecule has 1 aromatic rings. The zero-order chi connectivity index (χ0) is 13.1. The number of amides is 1. The van der Waals surface area contributed by atoms with Gasteiger partial charge in [0.25, 0.3) is 0 Å². The number of piperidine rings is 1. The first-order valence-corrected chi connectivity index (χ1v) is 7.46. The van der Waals surface area contributed by atoms with Crippen LogP contribution in [0.2, 0.25) is 0 Å². The van der Waals surface area contributed by atoms with Crippen molar-refractivity contribution in [2.45, 2.75) is 51.0 Å². The molecule has 19 heavy (non-hydrogen) atoms. The number of hydrogen-bond donors (Lipinski definition) is 0. The van der Waals surface area contributed by atoms with Gasteiger partial charge in [-0.15, -0.1) is 0 Å². The second-order valence-corrected chi connectivity index (χ2v) is 5.82. The molecule has 0 radical (unpaired) electrons. The molecule has 5 nitrogen and oxygen atoms in total. The van der Waals surface area contributed by atoms with Gasteiger partial charge < -0.3 is 4.90 Å². The average molecular weight is 262 g/mol. The quantitative estimate of drug-likeness (QED) is 0.837. The van der Waals surface area contributed by atoms with Crippen molar-refractivity contribution in [2.75, 3.05) is 13.1 Å². The predicted molar refractivity (Wildman–Crippen MR) is 71.4 cm³/mol. The highest BCUT2D eigenvalue weighted by Gasteiger charge is 2.27. The second-order valence-electron chi connectivity index (χ2n) is 5.82. The molecular weight excluding hydrogens is 240 g/mol. The standard InChI is InChI=1S/C14H22N4O/c19-14(11-12-3-1-2-4-12)17-9-5-13(6-10-17)18-15-7-8-16-18/h7-8,12-13H,1-6,9-11H2. The van der Waals surface area contributed by atoms with Gasteiger partial charge in [0.2, 0.25) is 5.91 Å². The largest absolute Gasteiger partial charge is 0.343 e. The molecule has 0 bridgehead atoms. The summed E-state index contributed by atoms with van der Waals surface area (Å²) >= 11 is 0. The Morgan fingerprint density at radius 2 is 1.68 bits per heavy atom. The van der Waals surface area contributed by atoms with Crippen LogP contribution in [0.15, 0.2) is 12.4 Å². The highest BCUT2D eigenvalue weighted by molar-refractivity contribution is 5.76. The van der Waals surface area contributed by atoms with Gasteiger partial charge in [-0.25, -0.2) is 0 Å². The summed E-state index contributed by atoms with van der Waals surface area (Å²) in [4.78, 5) is 16.1. The van der Waals surface area contributed by atoms with Crippen molar-refractivity contribution in [3.63, 3.8) is 0 Å². The molecule has 1 aliphatic carbocycles. The Morgan fingerprint density at radius 1 is 1.05 bits per heavy atom. The number of rotatable bonds is 3. The summed E-state index contributed by atoms with van der Waals surface area (Å²) < 4.78 is 0. The summed E-state index contributed by atoms with van der Waals surface area (Å²) in [5, 5.41) is 8.39. The van der Waals surface area contributed by atoms with Gasteiger partial charge in [0.1, 0.15) is 0 Å².